The lowest BCUT2D eigenvalue weighted by atomic mass is 9.78. The fraction of sp³-hybridized carbons (Fsp3) is 0.375. The Morgan fingerprint density at radius 2 is 1.97 bits per heavy atom. The zero-order valence-electron chi connectivity index (χ0n) is 19.1. The first-order valence-corrected chi connectivity index (χ1v) is 11.0. The van der Waals surface area contributed by atoms with Crippen LogP contribution in [0.5, 0.6) is 0 Å². The number of aryl methyl sites for hydroxylation is 1. The van der Waals surface area contributed by atoms with Gasteiger partial charge in [-0.05, 0) is 36.8 Å². The molecule has 11 heteroatoms. The number of nitrogens with zero attached hydrogens (tertiary/aromatic N) is 4. The number of rotatable bonds is 4. The van der Waals surface area contributed by atoms with Crippen LogP contribution in [0.15, 0.2) is 35.3 Å². The number of hydrogen-bond acceptors (Lipinski definition) is 7. The van der Waals surface area contributed by atoms with Crippen molar-refractivity contribution in [2.45, 2.75) is 19.1 Å². The Morgan fingerprint density at radius 3 is 2.57 bits per heavy atom. The van der Waals surface area contributed by atoms with E-state index in [2.05, 4.69) is 16.4 Å². The second kappa shape index (κ2) is 7.88. The average molecular weight is 484 g/mol. The molecule has 1 aromatic carbocycles. The molecule has 2 aliphatic rings. The van der Waals surface area contributed by atoms with E-state index in [9.17, 15) is 23.2 Å². The number of pyridine rings is 2. The van der Waals surface area contributed by atoms with Crippen LogP contribution in [-0.2, 0) is 18.0 Å². The molecule has 3 N–H and O–H groups in total. The van der Waals surface area contributed by atoms with Gasteiger partial charge in [0.1, 0.15) is 17.6 Å². The summed E-state index contributed by atoms with van der Waals surface area (Å²) in [5, 5.41) is 13.3. The van der Waals surface area contributed by atoms with Crippen LogP contribution in [0.25, 0.3) is 10.9 Å². The van der Waals surface area contributed by atoms with Gasteiger partial charge >= 0.3 is 6.18 Å². The van der Waals surface area contributed by atoms with Crippen LogP contribution in [0.4, 0.5) is 30.4 Å². The highest BCUT2D eigenvalue weighted by Gasteiger charge is 2.49. The van der Waals surface area contributed by atoms with E-state index in [1.54, 1.807) is 20.0 Å². The van der Waals surface area contributed by atoms with Gasteiger partial charge in [0.05, 0.1) is 41.3 Å². The molecule has 2 saturated heterocycles. The van der Waals surface area contributed by atoms with Gasteiger partial charge in [-0.2, -0.15) is 18.4 Å². The van der Waals surface area contributed by atoms with Gasteiger partial charge in [-0.15, -0.1) is 0 Å². The molecule has 5 rings (SSSR count). The summed E-state index contributed by atoms with van der Waals surface area (Å²) in [7, 11) is 1.59. The van der Waals surface area contributed by atoms with E-state index >= 15 is 0 Å². The maximum Gasteiger partial charge on any atom is 0.416 e. The van der Waals surface area contributed by atoms with Gasteiger partial charge in [-0.1, -0.05) is 0 Å². The molecule has 0 radical (unpaired) electrons. The number of alkyl halides is 3. The molecule has 0 amide bonds. The molecule has 2 aromatic heterocycles. The largest absolute Gasteiger partial charge is 0.416 e. The standard InChI is InChI=1S/C24H23F3N6O2/c1-13(14-3-16(24(25,26)27)5-17(29)4-14)31-21-18-6-19(33-9-23(10-33)11-35-12-23)22(34)32(2)20(18)15(7-28)8-30-21/h3-6,8,13H,9-12,29H2,1-2H3,(H,30,31)/t13-/m1/s1. The van der Waals surface area contributed by atoms with Crippen molar-refractivity contribution in [2.24, 2.45) is 12.5 Å². The Kier molecular flexibility index (Phi) is 5.18. The van der Waals surface area contributed by atoms with Crippen molar-refractivity contribution in [2.75, 3.05) is 42.3 Å². The van der Waals surface area contributed by atoms with Crippen molar-refractivity contribution in [3.8, 4) is 6.07 Å². The maximum atomic E-state index is 13.3. The third-order valence-electron chi connectivity index (χ3n) is 6.72. The molecule has 0 bridgehead atoms. The molecule has 8 nitrogen and oxygen atoms in total. The molecule has 0 saturated carbocycles. The van der Waals surface area contributed by atoms with Crippen molar-refractivity contribution in [1.82, 2.24) is 9.55 Å². The number of ether oxygens (including phenoxy) is 1. The van der Waals surface area contributed by atoms with E-state index in [0.29, 0.717) is 54.3 Å². The van der Waals surface area contributed by atoms with Gasteiger partial charge in [-0.3, -0.25) is 4.79 Å². The van der Waals surface area contributed by atoms with Gasteiger partial charge < -0.3 is 25.3 Å². The van der Waals surface area contributed by atoms with Crippen molar-refractivity contribution in [3.63, 3.8) is 0 Å². The van der Waals surface area contributed by atoms with Crippen molar-refractivity contribution in [3.05, 3.63) is 57.5 Å². The first-order valence-electron chi connectivity index (χ1n) is 11.0. The monoisotopic (exact) mass is 484 g/mol. The zero-order valence-corrected chi connectivity index (χ0v) is 19.1. The number of nitriles is 1. The molecule has 35 heavy (non-hydrogen) atoms. The molecule has 1 spiro atoms. The molecular weight excluding hydrogens is 461 g/mol. The molecule has 3 aromatic rings. The van der Waals surface area contributed by atoms with Crippen molar-refractivity contribution < 1.29 is 17.9 Å². The highest BCUT2D eigenvalue weighted by molar-refractivity contribution is 5.95. The minimum atomic E-state index is -4.53. The fourth-order valence-electron chi connectivity index (χ4n) is 4.80. The number of nitrogen functional groups attached to an aromatic ring is 1. The minimum absolute atomic E-state index is 0.00232. The van der Waals surface area contributed by atoms with Crippen LogP contribution < -0.4 is 21.5 Å². The Balaban J connectivity index is 1.56. The van der Waals surface area contributed by atoms with E-state index in [1.807, 2.05) is 4.90 Å². The third kappa shape index (κ3) is 3.83. The number of aromatic nitrogens is 2. The number of benzene rings is 1. The molecular formula is C24H23F3N6O2. The number of fused-ring (bicyclic) bond motifs is 1. The van der Waals surface area contributed by atoms with Crippen molar-refractivity contribution >= 4 is 28.1 Å². The summed E-state index contributed by atoms with van der Waals surface area (Å²) >= 11 is 0. The summed E-state index contributed by atoms with van der Waals surface area (Å²) in [5.74, 6) is 0.349. The smallest absolute Gasteiger partial charge is 0.399 e. The van der Waals surface area contributed by atoms with Crippen LogP contribution in [0.1, 0.15) is 29.7 Å². The second-order valence-corrected chi connectivity index (χ2v) is 9.39. The fourth-order valence-corrected chi connectivity index (χ4v) is 4.80. The molecule has 4 heterocycles. The van der Waals surface area contributed by atoms with E-state index < -0.39 is 17.8 Å². The molecule has 1 atom stereocenters. The van der Waals surface area contributed by atoms with Crippen LogP contribution in [0.3, 0.4) is 0 Å². The topological polar surface area (TPSA) is 109 Å². The van der Waals surface area contributed by atoms with Gasteiger partial charge in [0.15, 0.2) is 0 Å². The summed E-state index contributed by atoms with van der Waals surface area (Å²) in [5.41, 5.74) is 6.18. The lowest BCUT2D eigenvalue weighted by Gasteiger charge is -2.55. The van der Waals surface area contributed by atoms with Crippen LogP contribution >= 0.6 is 0 Å². The number of anilines is 3. The predicted octanol–water partition coefficient (Wildman–Crippen LogP) is 3.42. The predicted molar refractivity (Wildman–Crippen MR) is 125 cm³/mol. The van der Waals surface area contributed by atoms with E-state index in [0.717, 1.165) is 12.1 Å². The van der Waals surface area contributed by atoms with Crippen molar-refractivity contribution in [1.29, 1.82) is 5.26 Å². The number of halogens is 3. The minimum Gasteiger partial charge on any atom is -0.399 e. The average Bonchev–Trinajstić information content (AvgIpc) is 2.74. The number of nitrogens with one attached hydrogen (secondary N) is 1. The van der Waals surface area contributed by atoms with Gasteiger partial charge in [0.2, 0.25) is 0 Å². The van der Waals surface area contributed by atoms with E-state index in [-0.39, 0.29) is 22.2 Å². The molecule has 182 valence electrons. The number of nitrogens with two attached hydrogens (primary N) is 1. The van der Waals surface area contributed by atoms with E-state index in [1.165, 1.54) is 16.8 Å². The third-order valence-corrected chi connectivity index (χ3v) is 6.72. The van der Waals surface area contributed by atoms with Gasteiger partial charge in [-0.25, -0.2) is 4.98 Å². The Bertz CT molecular complexity index is 1430. The normalized spacial score (nSPS) is 17.5. The summed E-state index contributed by atoms with van der Waals surface area (Å²) in [6.45, 7) is 4.42. The van der Waals surface area contributed by atoms with E-state index in [4.69, 9.17) is 10.5 Å². The Hall–Kier alpha value is -3.78. The second-order valence-electron chi connectivity index (χ2n) is 9.39. The maximum absolute atomic E-state index is 13.3. The summed E-state index contributed by atoms with van der Waals surface area (Å²) in [6.07, 6.45) is -3.18. The summed E-state index contributed by atoms with van der Waals surface area (Å²) in [6, 6.07) is 6.58. The van der Waals surface area contributed by atoms with Gasteiger partial charge in [0, 0.05) is 37.4 Å². The van der Waals surface area contributed by atoms with Crippen LogP contribution in [-0.4, -0.2) is 35.9 Å². The first kappa shape index (κ1) is 23.0. The highest BCUT2D eigenvalue weighted by atomic mass is 19.4. The summed E-state index contributed by atoms with van der Waals surface area (Å²) in [4.78, 5) is 19.5. The van der Waals surface area contributed by atoms with Crippen LogP contribution in [0, 0.1) is 16.7 Å². The first-order chi connectivity index (χ1) is 16.5. The quantitative estimate of drug-likeness (QED) is 0.546. The Labute approximate surface area is 198 Å². The Morgan fingerprint density at radius 1 is 1.26 bits per heavy atom. The lowest BCUT2D eigenvalue weighted by Crippen LogP contribution is -2.67. The molecule has 0 aliphatic carbocycles. The highest BCUT2D eigenvalue weighted by Crippen LogP contribution is 2.40. The molecule has 0 unspecified atom stereocenters. The summed E-state index contributed by atoms with van der Waals surface area (Å²) < 4.78 is 46.6. The van der Waals surface area contributed by atoms with Gasteiger partial charge in [0.25, 0.3) is 5.56 Å². The zero-order chi connectivity index (χ0) is 25.1. The van der Waals surface area contributed by atoms with Crippen LogP contribution in [0.2, 0.25) is 0 Å². The SMILES string of the molecule is C[C@@H](Nc1ncc(C#N)c2c1cc(N1CC3(COC3)C1)c(=O)n2C)c1cc(N)cc(C(F)(F)F)c1. The lowest BCUT2D eigenvalue weighted by molar-refractivity contribution is -0.137. The molecule has 2 fully saturated rings. The molecule has 2 aliphatic heterocycles. The number of hydrogen-bond donors (Lipinski definition) is 2.